The number of nitrogens with zero attached hydrogens (tertiary/aromatic N) is 2. The van der Waals surface area contributed by atoms with Crippen molar-refractivity contribution in [1.82, 2.24) is 20.5 Å². The number of aliphatic carboxylic acids is 1. The van der Waals surface area contributed by atoms with E-state index in [1.807, 2.05) is 27.7 Å². The van der Waals surface area contributed by atoms with Gasteiger partial charge in [-0.15, -0.1) is 0 Å². The highest BCUT2D eigenvalue weighted by molar-refractivity contribution is 5.88. The van der Waals surface area contributed by atoms with Crippen LogP contribution in [0.3, 0.4) is 0 Å². The van der Waals surface area contributed by atoms with Crippen molar-refractivity contribution in [2.45, 2.75) is 90.8 Å². The number of carboxylic acids is 1. The van der Waals surface area contributed by atoms with Gasteiger partial charge in [0.05, 0.1) is 19.3 Å². The number of carbonyl (C=O) groups excluding carboxylic acids is 3. The summed E-state index contributed by atoms with van der Waals surface area (Å²) in [5.74, 6) is -0.702. The van der Waals surface area contributed by atoms with Gasteiger partial charge in [-0.05, 0) is 30.7 Å². The number of ether oxygens (including phenoxy) is 2. The van der Waals surface area contributed by atoms with Crippen LogP contribution in [0.2, 0.25) is 0 Å². The summed E-state index contributed by atoms with van der Waals surface area (Å²) in [4.78, 5) is 56.4. The number of carboxylic acid groups (broad SMARTS) is 1. The number of hydrogen-bond donors (Lipinski definition) is 4. The Bertz CT molecular complexity index is 1100. The van der Waals surface area contributed by atoms with Gasteiger partial charge in [0.15, 0.2) is 0 Å². The van der Waals surface area contributed by atoms with Gasteiger partial charge in [-0.1, -0.05) is 47.0 Å². The largest absolute Gasteiger partial charge is 0.497 e. The van der Waals surface area contributed by atoms with Crippen molar-refractivity contribution in [3.63, 3.8) is 0 Å². The monoisotopic (exact) mass is 589 g/mol. The van der Waals surface area contributed by atoms with E-state index < -0.39 is 23.3 Å². The summed E-state index contributed by atoms with van der Waals surface area (Å²) in [7, 11) is 1.58. The van der Waals surface area contributed by atoms with Gasteiger partial charge in [0.1, 0.15) is 24.2 Å². The lowest BCUT2D eigenvalue weighted by atomic mass is 9.75. The molecule has 42 heavy (non-hydrogen) atoms. The lowest BCUT2D eigenvalue weighted by Gasteiger charge is -2.33. The number of aromatic nitrogens is 1. The van der Waals surface area contributed by atoms with Crippen molar-refractivity contribution < 1.29 is 33.8 Å². The molecule has 0 spiro atoms. The standard InChI is InChI=1S/C30H47N5O7/c1-29(2,3)15-26(37)35-18-22(13-20(35)16-32-24-14-21(41-5)9-12-31-24)42-19-25(36)33-17-23(27(38)39)34-28(40)30(4)10-7-6-8-11-30/h9,12,14,20,22-23H,6-8,10-11,13,15-19H2,1-5H3,(H,31,32)(H,33,36)(H,34,40)(H,38,39)/t20-,22+,23-/m0/s1. The van der Waals surface area contributed by atoms with Crippen LogP contribution in [-0.4, -0.2) is 90.2 Å². The van der Waals surface area contributed by atoms with E-state index in [4.69, 9.17) is 9.47 Å². The van der Waals surface area contributed by atoms with E-state index in [9.17, 15) is 24.3 Å². The molecule has 0 bridgehead atoms. The number of likely N-dealkylation sites (tertiary alicyclic amines) is 1. The minimum absolute atomic E-state index is 0.00940. The summed E-state index contributed by atoms with van der Waals surface area (Å²) in [6.07, 6.45) is 6.54. The molecule has 1 saturated heterocycles. The van der Waals surface area contributed by atoms with Crippen LogP contribution in [0.25, 0.3) is 0 Å². The molecule has 1 saturated carbocycles. The fraction of sp³-hybridized carbons (Fsp3) is 0.700. The number of nitrogens with one attached hydrogen (secondary N) is 3. The molecule has 3 atom stereocenters. The van der Waals surface area contributed by atoms with E-state index in [-0.39, 0.29) is 42.5 Å². The molecule has 3 amide bonds. The third-order valence-electron chi connectivity index (χ3n) is 7.93. The fourth-order valence-electron chi connectivity index (χ4n) is 5.46. The van der Waals surface area contributed by atoms with Crippen molar-refractivity contribution in [3.8, 4) is 5.75 Å². The topological polar surface area (TPSA) is 159 Å². The van der Waals surface area contributed by atoms with Gasteiger partial charge in [0, 0.05) is 43.7 Å². The number of rotatable bonds is 13. The van der Waals surface area contributed by atoms with Crippen molar-refractivity contribution in [2.24, 2.45) is 10.8 Å². The van der Waals surface area contributed by atoms with Gasteiger partial charge >= 0.3 is 5.97 Å². The fourth-order valence-corrected chi connectivity index (χ4v) is 5.46. The summed E-state index contributed by atoms with van der Waals surface area (Å²) < 4.78 is 11.1. The first-order valence-electron chi connectivity index (χ1n) is 14.7. The molecule has 2 aliphatic rings. The lowest BCUT2D eigenvalue weighted by molar-refractivity contribution is -0.144. The SMILES string of the molecule is COc1ccnc(NC[C@@H]2C[C@@H](OCC(=O)NC[C@H](NC(=O)C3(C)CCCCC3)C(=O)O)CN2C(=O)CC(C)(C)C)c1. The smallest absolute Gasteiger partial charge is 0.328 e. The quantitative estimate of drug-likeness (QED) is 0.271. The van der Waals surface area contributed by atoms with Crippen LogP contribution in [-0.2, 0) is 23.9 Å². The molecule has 0 radical (unpaired) electrons. The van der Waals surface area contributed by atoms with Crippen LogP contribution in [0.15, 0.2) is 18.3 Å². The van der Waals surface area contributed by atoms with Gasteiger partial charge in [-0.25, -0.2) is 9.78 Å². The number of carbonyl (C=O) groups is 4. The number of hydrogen-bond acceptors (Lipinski definition) is 8. The molecule has 2 heterocycles. The molecule has 2 fully saturated rings. The second kappa shape index (κ2) is 14.7. The summed E-state index contributed by atoms with van der Waals surface area (Å²) >= 11 is 0. The summed E-state index contributed by atoms with van der Waals surface area (Å²) in [6.45, 7) is 8.13. The van der Waals surface area contributed by atoms with Gasteiger partial charge in [-0.2, -0.15) is 0 Å². The molecule has 1 aromatic heterocycles. The first-order valence-corrected chi connectivity index (χ1v) is 14.7. The van der Waals surface area contributed by atoms with Crippen LogP contribution < -0.4 is 20.7 Å². The predicted octanol–water partition coefficient (Wildman–Crippen LogP) is 2.58. The highest BCUT2D eigenvalue weighted by Gasteiger charge is 2.38. The van der Waals surface area contributed by atoms with Crippen LogP contribution in [0.5, 0.6) is 5.75 Å². The molecule has 3 rings (SSSR count). The van der Waals surface area contributed by atoms with Gasteiger partial charge in [-0.3, -0.25) is 14.4 Å². The number of anilines is 1. The molecule has 0 aromatic carbocycles. The molecular weight excluding hydrogens is 542 g/mol. The van der Waals surface area contributed by atoms with E-state index in [1.54, 1.807) is 30.3 Å². The number of pyridine rings is 1. The second-order valence-corrected chi connectivity index (χ2v) is 12.9. The maximum absolute atomic E-state index is 13.2. The number of amides is 3. The summed E-state index contributed by atoms with van der Waals surface area (Å²) in [5.41, 5.74) is -0.779. The Kier molecular flexibility index (Phi) is 11.6. The van der Waals surface area contributed by atoms with Crippen LogP contribution in [0, 0.1) is 10.8 Å². The molecule has 1 aliphatic carbocycles. The Balaban J connectivity index is 1.53. The van der Waals surface area contributed by atoms with Gasteiger partial charge < -0.3 is 35.4 Å². The molecule has 0 unspecified atom stereocenters. The average Bonchev–Trinajstić information content (AvgIpc) is 3.35. The van der Waals surface area contributed by atoms with E-state index >= 15 is 0 Å². The van der Waals surface area contributed by atoms with E-state index in [2.05, 4.69) is 20.9 Å². The normalized spacial score (nSPS) is 20.8. The molecule has 1 aliphatic heterocycles. The zero-order valence-electron chi connectivity index (χ0n) is 25.5. The van der Waals surface area contributed by atoms with Crippen molar-refractivity contribution in [2.75, 3.05) is 38.7 Å². The minimum Gasteiger partial charge on any atom is -0.497 e. The first-order chi connectivity index (χ1) is 19.8. The highest BCUT2D eigenvalue weighted by Crippen LogP contribution is 2.36. The zero-order chi connectivity index (χ0) is 30.9. The Hall–Kier alpha value is -3.41. The van der Waals surface area contributed by atoms with Gasteiger partial charge in [0.25, 0.3) is 0 Å². The van der Waals surface area contributed by atoms with Gasteiger partial charge in [0.2, 0.25) is 17.7 Å². The van der Waals surface area contributed by atoms with Crippen LogP contribution >= 0.6 is 0 Å². The van der Waals surface area contributed by atoms with Crippen LogP contribution in [0.4, 0.5) is 5.82 Å². The molecular formula is C30H47N5O7. The molecule has 12 nitrogen and oxygen atoms in total. The molecule has 234 valence electrons. The van der Waals surface area contributed by atoms with Crippen molar-refractivity contribution in [1.29, 1.82) is 0 Å². The predicted molar refractivity (Wildman–Crippen MR) is 157 cm³/mol. The molecule has 4 N–H and O–H groups in total. The van der Waals surface area contributed by atoms with E-state index in [1.165, 1.54) is 0 Å². The summed E-state index contributed by atoms with van der Waals surface area (Å²) in [5, 5.41) is 18.1. The minimum atomic E-state index is -1.24. The third-order valence-corrected chi connectivity index (χ3v) is 7.93. The van der Waals surface area contributed by atoms with E-state index in [0.29, 0.717) is 50.3 Å². The Morgan fingerprint density at radius 1 is 1.19 bits per heavy atom. The van der Waals surface area contributed by atoms with E-state index in [0.717, 1.165) is 19.3 Å². The van der Waals surface area contributed by atoms with Crippen LogP contribution in [0.1, 0.15) is 72.6 Å². The molecule has 12 heteroatoms. The average molecular weight is 590 g/mol. The zero-order valence-corrected chi connectivity index (χ0v) is 25.5. The first kappa shape index (κ1) is 33.1. The van der Waals surface area contributed by atoms with Crippen molar-refractivity contribution >= 4 is 29.5 Å². The Morgan fingerprint density at radius 2 is 1.90 bits per heavy atom. The second-order valence-electron chi connectivity index (χ2n) is 12.9. The maximum Gasteiger partial charge on any atom is 0.328 e. The highest BCUT2D eigenvalue weighted by atomic mass is 16.5. The maximum atomic E-state index is 13.2. The Morgan fingerprint density at radius 3 is 2.55 bits per heavy atom. The Labute approximate surface area is 248 Å². The molecule has 1 aromatic rings. The third kappa shape index (κ3) is 9.85. The lowest BCUT2D eigenvalue weighted by Crippen LogP contribution is -2.53. The van der Waals surface area contributed by atoms with Crippen molar-refractivity contribution in [3.05, 3.63) is 18.3 Å². The summed E-state index contributed by atoms with van der Waals surface area (Å²) in [6, 6.07) is 2.11. The number of methoxy groups -OCH3 is 1.